The Bertz CT molecular complexity index is 1740. The van der Waals surface area contributed by atoms with Crippen molar-refractivity contribution in [2.75, 3.05) is 12.4 Å². The number of nitrogens with zero attached hydrogens (tertiary/aromatic N) is 2. The van der Waals surface area contributed by atoms with Gasteiger partial charge in [-0.25, -0.2) is 14.2 Å². The number of ether oxygens (including phenoxy) is 1. The molecular formula is C29H22FN3O4S. The van der Waals surface area contributed by atoms with Crippen molar-refractivity contribution in [1.29, 1.82) is 0 Å². The second-order valence-electron chi connectivity index (χ2n) is 8.57. The summed E-state index contributed by atoms with van der Waals surface area (Å²) in [5.41, 5.74) is 2.70. The van der Waals surface area contributed by atoms with Gasteiger partial charge in [0.2, 0.25) is 0 Å². The maximum atomic E-state index is 13.8. The Labute approximate surface area is 220 Å². The molecule has 4 aromatic rings. The number of anilines is 1. The van der Waals surface area contributed by atoms with Crippen LogP contribution in [0.25, 0.3) is 6.08 Å². The van der Waals surface area contributed by atoms with Crippen molar-refractivity contribution in [3.05, 3.63) is 132 Å². The first-order valence-electron chi connectivity index (χ1n) is 11.7. The Balaban J connectivity index is 1.62. The number of amides is 1. The SMILES string of the molecule is COC(=O)c1ccc(/C=c2\sc3n(c2=O)[C@H](c2ccc(F)cc2)C(C(=O)Nc2ccccc2)=C(C)N=3)cc1. The van der Waals surface area contributed by atoms with Crippen molar-refractivity contribution in [1.82, 2.24) is 4.57 Å². The topological polar surface area (TPSA) is 89.8 Å². The summed E-state index contributed by atoms with van der Waals surface area (Å²) < 4.78 is 20.4. The zero-order valence-electron chi connectivity index (χ0n) is 20.5. The molecule has 9 heteroatoms. The van der Waals surface area contributed by atoms with Crippen molar-refractivity contribution in [2.24, 2.45) is 4.99 Å². The number of carbonyl (C=O) groups is 2. The van der Waals surface area contributed by atoms with Crippen LogP contribution in [0.2, 0.25) is 0 Å². The minimum atomic E-state index is -0.806. The average molecular weight is 528 g/mol. The fourth-order valence-electron chi connectivity index (χ4n) is 4.28. The molecule has 0 spiro atoms. The molecule has 1 N–H and O–H groups in total. The number of aromatic nitrogens is 1. The molecule has 0 radical (unpaired) electrons. The third kappa shape index (κ3) is 4.83. The van der Waals surface area contributed by atoms with Crippen molar-refractivity contribution in [3.8, 4) is 0 Å². The normalized spacial score (nSPS) is 15.0. The number of esters is 1. The minimum Gasteiger partial charge on any atom is -0.465 e. The van der Waals surface area contributed by atoms with Gasteiger partial charge in [0.1, 0.15) is 5.82 Å². The largest absolute Gasteiger partial charge is 0.465 e. The number of nitrogens with one attached hydrogen (secondary N) is 1. The Morgan fingerprint density at radius 2 is 1.71 bits per heavy atom. The summed E-state index contributed by atoms with van der Waals surface area (Å²) in [4.78, 5) is 44.0. The van der Waals surface area contributed by atoms with Gasteiger partial charge in [-0.2, -0.15) is 0 Å². The highest BCUT2D eigenvalue weighted by atomic mass is 32.1. The maximum Gasteiger partial charge on any atom is 0.337 e. The van der Waals surface area contributed by atoms with Crippen LogP contribution in [0.1, 0.15) is 34.5 Å². The van der Waals surface area contributed by atoms with Gasteiger partial charge >= 0.3 is 5.97 Å². The lowest BCUT2D eigenvalue weighted by Gasteiger charge is -2.25. The molecule has 1 amide bonds. The molecule has 38 heavy (non-hydrogen) atoms. The number of allylic oxidation sites excluding steroid dienone is 1. The van der Waals surface area contributed by atoms with E-state index in [-0.39, 0.29) is 5.56 Å². The van der Waals surface area contributed by atoms with Gasteiger partial charge in [0.25, 0.3) is 11.5 Å². The van der Waals surface area contributed by atoms with E-state index in [2.05, 4.69) is 10.3 Å². The Kier molecular flexibility index (Phi) is 6.85. The number of rotatable bonds is 5. The van der Waals surface area contributed by atoms with Crippen molar-refractivity contribution < 1.29 is 18.7 Å². The van der Waals surface area contributed by atoms with Gasteiger partial charge in [-0.05, 0) is 60.5 Å². The van der Waals surface area contributed by atoms with Crippen LogP contribution in [0.3, 0.4) is 0 Å². The summed E-state index contributed by atoms with van der Waals surface area (Å²) in [5.74, 6) is -1.28. The van der Waals surface area contributed by atoms with Crippen molar-refractivity contribution in [2.45, 2.75) is 13.0 Å². The maximum absolute atomic E-state index is 13.8. The molecule has 0 unspecified atom stereocenters. The van der Waals surface area contributed by atoms with Crippen LogP contribution in [0.5, 0.6) is 0 Å². The first-order valence-corrected chi connectivity index (χ1v) is 12.5. The van der Waals surface area contributed by atoms with Crippen LogP contribution < -0.4 is 20.2 Å². The van der Waals surface area contributed by atoms with Crippen molar-refractivity contribution in [3.63, 3.8) is 0 Å². The van der Waals surface area contributed by atoms with E-state index in [1.165, 1.54) is 35.1 Å². The van der Waals surface area contributed by atoms with E-state index in [1.54, 1.807) is 73.7 Å². The molecule has 5 rings (SSSR count). The molecule has 0 aliphatic carbocycles. The predicted molar refractivity (Wildman–Crippen MR) is 143 cm³/mol. The smallest absolute Gasteiger partial charge is 0.337 e. The number of fused-ring (bicyclic) bond motifs is 1. The van der Waals surface area contributed by atoms with Gasteiger partial charge < -0.3 is 10.1 Å². The fourth-order valence-corrected chi connectivity index (χ4v) is 5.32. The molecule has 1 aliphatic rings. The van der Waals surface area contributed by atoms with E-state index in [0.29, 0.717) is 43.0 Å². The second kappa shape index (κ2) is 10.4. The fraction of sp³-hybridized carbons (Fsp3) is 0.103. The third-order valence-electron chi connectivity index (χ3n) is 6.11. The molecule has 7 nitrogen and oxygen atoms in total. The first kappa shape index (κ1) is 25.0. The molecule has 190 valence electrons. The molecule has 1 aliphatic heterocycles. The van der Waals surface area contributed by atoms with Gasteiger partial charge in [-0.1, -0.05) is 53.8 Å². The number of methoxy groups -OCH3 is 1. The molecule has 0 saturated carbocycles. The number of carbonyl (C=O) groups excluding carboxylic acids is 2. The van der Waals surface area contributed by atoms with Crippen LogP contribution in [-0.4, -0.2) is 23.6 Å². The summed E-state index contributed by atoms with van der Waals surface area (Å²) in [5, 5.41) is 2.88. The zero-order chi connectivity index (χ0) is 26.8. The quantitative estimate of drug-likeness (QED) is 0.400. The van der Waals surface area contributed by atoms with E-state index in [1.807, 2.05) is 6.07 Å². The number of hydrogen-bond donors (Lipinski definition) is 1. The molecule has 0 bridgehead atoms. The monoisotopic (exact) mass is 527 g/mol. The minimum absolute atomic E-state index is 0.293. The Morgan fingerprint density at radius 3 is 2.37 bits per heavy atom. The zero-order valence-corrected chi connectivity index (χ0v) is 21.3. The lowest BCUT2D eigenvalue weighted by Crippen LogP contribution is -2.40. The van der Waals surface area contributed by atoms with Crippen LogP contribution in [0.4, 0.5) is 10.1 Å². The highest BCUT2D eigenvalue weighted by molar-refractivity contribution is 7.07. The summed E-state index contributed by atoms with van der Waals surface area (Å²) in [6.45, 7) is 1.72. The Morgan fingerprint density at radius 1 is 1.03 bits per heavy atom. The van der Waals surface area contributed by atoms with E-state index >= 15 is 0 Å². The van der Waals surface area contributed by atoms with Gasteiger partial charge in [-0.15, -0.1) is 0 Å². The standard InChI is InChI=1S/C29H22FN3O4S/c1-17-24(26(34)32-22-6-4-3-5-7-22)25(19-12-14-21(30)15-13-19)33-27(35)23(38-29(33)31-17)16-18-8-10-20(11-9-18)28(36)37-2/h3-16,25H,1-2H3,(H,32,34)/b23-16-/t25-/m1/s1. The first-order chi connectivity index (χ1) is 18.4. The molecule has 3 aromatic carbocycles. The lowest BCUT2D eigenvalue weighted by molar-refractivity contribution is -0.113. The van der Waals surface area contributed by atoms with Gasteiger partial charge in [0.15, 0.2) is 4.80 Å². The molecule has 0 saturated heterocycles. The summed E-state index contributed by atoms with van der Waals surface area (Å²) in [6.07, 6.45) is 1.70. The number of benzene rings is 3. The van der Waals surface area contributed by atoms with Crippen LogP contribution >= 0.6 is 11.3 Å². The Hall–Kier alpha value is -4.63. The van der Waals surface area contributed by atoms with Gasteiger partial charge in [0, 0.05) is 5.69 Å². The van der Waals surface area contributed by atoms with Crippen molar-refractivity contribution >= 4 is 35.0 Å². The van der Waals surface area contributed by atoms with Gasteiger partial charge in [0.05, 0.1) is 34.5 Å². The van der Waals surface area contributed by atoms with E-state index in [9.17, 15) is 18.8 Å². The van der Waals surface area contributed by atoms with Crippen LogP contribution in [0.15, 0.2) is 99.9 Å². The highest BCUT2D eigenvalue weighted by Crippen LogP contribution is 2.31. The van der Waals surface area contributed by atoms with E-state index in [0.717, 1.165) is 0 Å². The molecule has 2 heterocycles. The number of hydrogen-bond acceptors (Lipinski definition) is 6. The summed E-state index contributed by atoms with van der Waals surface area (Å²) >= 11 is 1.19. The number of para-hydroxylation sites is 1. The summed E-state index contributed by atoms with van der Waals surface area (Å²) in [7, 11) is 1.31. The summed E-state index contributed by atoms with van der Waals surface area (Å²) in [6, 6.07) is 20.6. The van der Waals surface area contributed by atoms with Crippen LogP contribution in [-0.2, 0) is 9.53 Å². The second-order valence-corrected chi connectivity index (χ2v) is 9.58. The number of thiazole rings is 1. The average Bonchev–Trinajstić information content (AvgIpc) is 3.23. The highest BCUT2D eigenvalue weighted by Gasteiger charge is 2.32. The molecular weight excluding hydrogens is 505 g/mol. The lowest BCUT2D eigenvalue weighted by atomic mass is 9.95. The molecule has 0 fully saturated rings. The van der Waals surface area contributed by atoms with Gasteiger partial charge in [-0.3, -0.25) is 14.2 Å². The van der Waals surface area contributed by atoms with Crippen LogP contribution in [0, 0.1) is 5.82 Å². The predicted octanol–water partition coefficient (Wildman–Crippen LogP) is 3.80. The number of halogens is 1. The molecule has 1 atom stereocenters. The van der Waals surface area contributed by atoms with E-state index < -0.39 is 23.7 Å². The third-order valence-corrected chi connectivity index (χ3v) is 7.10. The van der Waals surface area contributed by atoms with E-state index in [4.69, 9.17) is 4.74 Å². The molecule has 1 aromatic heterocycles.